The Morgan fingerprint density at radius 1 is 1.50 bits per heavy atom. The van der Waals surface area contributed by atoms with E-state index in [1.165, 1.54) is 0 Å². The largest absolute Gasteiger partial charge is 0.481 e. The maximum absolute atomic E-state index is 10.4. The van der Waals surface area contributed by atoms with Crippen LogP contribution in [0.2, 0.25) is 0 Å². The van der Waals surface area contributed by atoms with Gasteiger partial charge in [0.1, 0.15) is 5.60 Å². The van der Waals surface area contributed by atoms with E-state index in [2.05, 4.69) is 10.1 Å². The van der Waals surface area contributed by atoms with Gasteiger partial charge in [0.2, 0.25) is 11.7 Å². The SMILES string of the molecule is CC1(c2noc(CCCC(=O)O)n2)CCCCO1. The Hall–Kier alpha value is -1.43. The average Bonchev–Trinajstić information content (AvgIpc) is 2.79. The van der Waals surface area contributed by atoms with Crippen molar-refractivity contribution in [3.8, 4) is 0 Å². The molecule has 6 heteroatoms. The Bertz CT molecular complexity index is 410. The minimum Gasteiger partial charge on any atom is -0.481 e. The molecule has 1 fully saturated rings. The first-order valence-corrected chi connectivity index (χ1v) is 6.29. The fraction of sp³-hybridized carbons (Fsp3) is 0.750. The van der Waals surface area contributed by atoms with E-state index < -0.39 is 11.6 Å². The lowest BCUT2D eigenvalue weighted by Gasteiger charge is -2.30. The number of hydrogen-bond donors (Lipinski definition) is 1. The number of carbonyl (C=O) groups is 1. The van der Waals surface area contributed by atoms with Gasteiger partial charge in [-0.25, -0.2) is 0 Å². The molecule has 1 aromatic heterocycles. The first-order chi connectivity index (χ1) is 8.60. The molecule has 6 nitrogen and oxygen atoms in total. The van der Waals surface area contributed by atoms with Crippen molar-refractivity contribution in [1.82, 2.24) is 10.1 Å². The van der Waals surface area contributed by atoms with E-state index in [1.807, 2.05) is 6.92 Å². The average molecular weight is 254 g/mol. The second-order valence-electron chi connectivity index (χ2n) is 4.80. The van der Waals surface area contributed by atoms with Gasteiger partial charge in [0.15, 0.2) is 0 Å². The molecule has 0 aromatic carbocycles. The van der Waals surface area contributed by atoms with Crippen molar-refractivity contribution >= 4 is 5.97 Å². The lowest BCUT2D eigenvalue weighted by Crippen LogP contribution is -2.31. The summed E-state index contributed by atoms with van der Waals surface area (Å²) < 4.78 is 10.9. The molecule has 1 aromatic rings. The van der Waals surface area contributed by atoms with Gasteiger partial charge in [-0.2, -0.15) is 4.98 Å². The maximum atomic E-state index is 10.4. The summed E-state index contributed by atoms with van der Waals surface area (Å²) in [5.41, 5.74) is -0.452. The van der Waals surface area contributed by atoms with Gasteiger partial charge in [0.05, 0.1) is 0 Å². The van der Waals surface area contributed by atoms with Gasteiger partial charge in [0, 0.05) is 19.4 Å². The summed E-state index contributed by atoms with van der Waals surface area (Å²) in [6, 6.07) is 0. The van der Waals surface area contributed by atoms with Crippen molar-refractivity contribution in [3.63, 3.8) is 0 Å². The zero-order valence-corrected chi connectivity index (χ0v) is 10.5. The quantitative estimate of drug-likeness (QED) is 0.863. The number of nitrogens with zero attached hydrogens (tertiary/aromatic N) is 2. The number of aliphatic carboxylic acids is 1. The molecule has 100 valence electrons. The van der Waals surface area contributed by atoms with Crippen LogP contribution in [0.1, 0.15) is 50.7 Å². The van der Waals surface area contributed by atoms with E-state index in [-0.39, 0.29) is 6.42 Å². The molecule has 2 rings (SSSR count). The molecule has 0 spiro atoms. The molecule has 2 heterocycles. The van der Waals surface area contributed by atoms with Gasteiger partial charge in [-0.05, 0) is 32.6 Å². The highest BCUT2D eigenvalue weighted by Gasteiger charge is 2.34. The van der Waals surface area contributed by atoms with Crippen molar-refractivity contribution in [2.24, 2.45) is 0 Å². The summed E-state index contributed by atoms with van der Waals surface area (Å²) in [5, 5.41) is 12.5. The highest BCUT2D eigenvalue weighted by molar-refractivity contribution is 5.66. The fourth-order valence-electron chi connectivity index (χ4n) is 2.07. The molecular weight excluding hydrogens is 236 g/mol. The monoisotopic (exact) mass is 254 g/mol. The molecule has 0 saturated carbocycles. The lowest BCUT2D eigenvalue weighted by atomic mass is 9.95. The number of carboxylic acids is 1. The van der Waals surface area contributed by atoms with Gasteiger partial charge < -0.3 is 14.4 Å². The van der Waals surface area contributed by atoms with Gasteiger partial charge in [-0.15, -0.1) is 0 Å². The van der Waals surface area contributed by atoms with Crippen molar-refractivity contribution in [2.45, 2.75) is 51.0 Å². The van der Waals surface area contributed by atoms with Gasteiger partial charge >= 0.3 is 5.97 Å². The number of aryl methyl sites for hydroxylation is 1. The van der Waals surface area contributed by atoms with Crippen LogP contribution in [0.25, 0.3) is 0 Å². The van der Waals surface area contributed by atoms with E-state index >= 15 is 0 Å². The molecule has 0 aliphatic carbocycles. The standard InChI is InChI=1S/C12H18N2O4/c1-12(7-2-3-8-17-12)11-13-9(18-14-11)5-4-6-10(15)16/h2-8H2,1H3,(H,15,16). The molecule has 18 heavy (non-hydrogen) atoms. The zero-order valence-electron chi connectivity index (χ0n) is 10.5. The molecular formula is C12H18N2O4. The predicted molar refractivity (Wildman–Crippen MR) is 62.0 cm³/mol. The van der Waals surface area contributed by atoms with Crippen LogP contribution >= 0.6 is 0 Å². The summed E-state index contributed by atoms with van der Waals surface area (Å²) in [6.45, 7) is 2.69. The third kappa shape index (κ3) is 3.07. The summed E-state index contributed by atoms with van der Waals surface area (Å²) >= 11 is 0. The van der Waals surface area contributed by atoms with E-state index in [0.717, 1.165) is 25.9 Å². The normalized spacial score (nSPS) is 24.1. The number of carboxylic acid groups (broad SMARTS) is 1. The third-order valence-corrected chi connectivity index (χ3v) is 3.19. The molecule has 0 radical (unpaired) electrons. The van der Waals surface area contributed by atoms with Gasteiger partial charge in [-0.1, -0.05) is 5.16 Å². The Morgan fingerprint density at radius 3 is 3.00 bits per heavy atom. The Labute approximate surface area is 105 Å². The Morgan fingerprint density at radius 2 is 2.33 bits per heavy atom. The first-order valence-electron chi connectivity index (χ1n) is 6.29. The van der Waals surface area contributed by atoms with Gasteiger partial charge in [-0.3, -0.25) is 4.79 Å². The molecule has 1 unspecified atom stereocenters. The lowest BCUT2D eigenvalue weighted by molar-refractivity contribution is -0.137. The van der Waals surface area contributed by atoms with Crippen LogP contribution in [0.15, 0.2) is 4.52 Å². The highest BCUT2D eigenvalue weighted by Crippen LogP contribution is 2.32. The van der Waals surface area contributed by atoms with Crippen molar-refractivity contribution in [2.75, 3.05) is 6.61 Å². The zero-order chi connectivity index (χ0) is 13.0. The summed E-state index contributed by atoms with van der Waals surface area (Å²) in [7, 11) is 0. The molecule has 1 aliphatic rings. The van der Waals surface area contributed by atoms with Crippen LogP contribution in [0.5, 0.6) is 0 Å². The summed E-state index contributed by atoms with van der Waals surface area (Å²) in [5.74, 6) is 0.256. The summed E-state index contributed by atoms with van der Waals surface area (Å²) in [4.78, 5) is 14.7. The maximum Gasteiger partial charge on any atom is 0.303 e. The Balaban J connectivity index is 1.94. The van der Waals surface area contributed by atoms with Crippen LogP contribution in [0.4, 0.5) is 0 Å². The number of rotatable bonds is 5. The van der Waals surface area contributed by atoms with Crippen molar-refractivity contribution in [1.29, 1.82) is 0 Å². The van der Waals surface area contributed by atoms with Crippen LogP contribution in [-0.2, 0) is 21.6 Å². The smallest absolute Gasteiger partial charge is 0.303 e. The Kier molecular flexibility index (Phi) is 3.96. The van der Waals surface area contributed by atoms with Crippen LogP contribution in [0.3, 0.4) is 0 Å². The molecule has 1 aliphatic heterocycles. The fourth-order valence-corrected chi connectivity index (χ4v) is 2.07. The first kappa shape index (κ1) is 13.0. The molecule has 1 atom stereocenters. The van der Waals surface area contributed by atoms with Crippen LogP contribution < -0.4 is 0 Å². The topological polar surface area (TPSA) is 85.5 Å². The molecule has 0 bridgehead atoms. The van der Waals surface area contributed by atoms with Crippen LogP contribution in [0, 0.1) is 0 Å². The van der Waals surface area contributed by atoms with E-state index in [4.69, 9.17) is 14.4 Å². The minimum atomic E-state index is -0.808. The predicted octanol–water partition coefficient (Wildman–Crippen LogP) is 1.89. The second kappa shape index (κ2) is 5.48. The van der Waals surface area contributed by atoms with Crippen molar-refractivity contribution < 1.29 is 19.2 Å². The molecule has 1 saturated heterocycles. The number of hydrogen-bond acceptors (Lipinski definition) is 5. The van der Waals surface area contributed by atoms with Crippen molar-refractivity contribution in [3.05, 3.63) is 11.7 Å². The third-order valence-electron chi connectivity index (χ3n) is 3.19. The highest BCUT2D eigenvalue weighted by atomic mass is 16.5. The number of ether oxygens (including phenoxy) is 1. The van der Waals surface area contributed by atoms with E-state index in [9.17, 15) is 4.79 Å². The van der Waals surface area contributed by atoms with E-state index in [0.29, 0.717) is 24.6 Å². The van der Waals surface area contributed by atoms with Gasteiger partial charge in [0.25, 0.3) is 0 Å². The van der Waals surface area contributed by atoms with Crippen LogP contribution in [-0.4, -0.2) is 27.8 Å². The second-order valence-corrected chi connectivity index (χ2v) is 4.80. The molecule has 0 amide bonds. The van der Waals surface area contributed by atoms with E-state index in [1.54, 1.807) is 0 Å². The number of aromatic nitrogens is 2. The molecule has 1 N–H and O–H groups in total. The summed E-state index contributed by atoms with van der Waals surface area (Å²) in [6.07, 6.45) is 4.18. The minimum absolute atomic E-state index is 0.117.